The summed E-state index contributed by atoms with van der Waals surface area (Å²) in [4.78, 5) is 49.7. The second kappa shape index (κ2) is 21.7. The molecule has 0 unspecified atom stereocenters. The maximum absolute atomic E-state index is 13.9. The predicted molar refractivity (Wildman–Crippen MR) is 303 cm³/mol. The van der Waals surface area contributed by atoms with Crippen molar-refractivity contribution < 1.29 is 38.5 Å². The number of hydrogen-bond acceptors (Lipinski definition) is 8. The summed E-state index contributed by atoms with van der Waals surface area (Å²) in [6.45, 7) is 2.81. The fourth-order valence-electron chi connectivity index (χ4n) is 10.0. The number of halogens is 2. The van der Waals surface area contributed by atoms with Crippen LogP contribution in [0, 0.1) is 23.8 Å². The van der Waals surface area contributed by atoms with Crippen LogP contribution in [0.15, 0.2) is 206 Å². The number of benzene rings is 10. The van der Waals surface area contributed by atoms with Gasteiger partial charge in [-0.1, -0.05) is 146 Å². The van der Waals surface area contributed by atoms with Gasteiger partial charge in [0.15, 0.2) is 0 Å². The Balaban J connectivity index is 0.000000146. The smallest absolute Gasteiger partial charge is 0.137 e. The summed E-state index contributed by atoms with van der Waals surface area (Å²) in [5.41, 5.74) is 12.2. The van der Waals surface area contributed by atoms with Crippen LogP contribution in [-0.2, 0) is 29.7 Å². The zero-order valence-electron chi connectivity index (χ0n) is 41.9. The van der Waals surface area contributed by atoms with Gasteiger partial charge in [0.1, 0.15) is 11.6 Å². The number of pyridine rings is 2. The number of carbonyl (C=O) groups excluding carboxylic acids is 2. The van der Waals surface area contributed by atoms with E-state index in [1.54, 1.807) is 12.1 Å². The molecule has 4 heterocycles. The maximum atomic E-state index is 13.9. The summed E-state index contributed by atoms with van der Waals surface area (Å²) >= 11 is 0. The van der Waals surface area contributed by atoms with Crippen LogP contribution in [0.1, 0.15) is 20.3 Å². The van der Waals surface area contributed by atoms with Crippen molar-refractivity contribution in [3.63, 3.8) is 0 Å². The Morgan fingerprint density at radius 3 is 0.897 bits per heavy atom. The van der Waals surface area contributed by atoms with E-state index in [-0.39, 0.29) is 49.7 Å². The first-order valence-corrected chi connectivity index (χ1v) is 24.9. The monoisotopic (exact) mass is 1190 g/mol. The molecule has 0 aliphatic carbocycles. The first-order chi connectivity index (χ1) is 37.6. The number of ketones is 2. The number of nitrogens with zero attached hydrogens (tertiary/aromatic N) is 6. The number of aromatic nitrogens is 6. The normalized spacial score (nSPS) is 11.1. The fourth-order valence-corrected chi connectivity index (χ4v) is 10.0. The molecule has 4 aromatic heterocycles. The van der Waals surface area contributed by atoms with Gasteiger partial charge >= 0.3 is 0 Å². The van der Waals surface area contributed by atoms with Crippen LogP contribution in [0.3, 0.4) is 0 Å². The van der Waals surface area contributed by atoms with Crippen molar-refractivity contribution in [1.29, 1.82) is 0 Å². The van der Waals surface area contributed by atoms with E-state index in [1.165, 1.54) is 38.1 Å². The third kappa shape index (κ3) is 9.84. The van der Waals surface area contributed by atoms with E-state index in [4.69, 9.17) is 29.9 Å². The van der Waals surface area contributed by atoms with E-state index in [0.717, 1.165) is 110 Å². The molecule has 0 saturated heterocycles. The van der Waals surface area contributed by atoms with Gasteiger partial charge in [0.25, 0.3) is 0 Å². The van der Waals surface area contributed by atoms with Gasteiger partial charge < -0.3 is 0 Å². The molecular formula is C67H42F2IrN6O2-2. The van der Waals surface area contributed by atoms with E-state index in [1.807, 2.05) is 97.1 Å². The number of Topliss-reactive ketones (excluding diaryl/α,β-unsaturated/α-hetero) is 2. The Bertz CT molecular complexity index is 4010. The molecule has 10 aromatic carbocycles. The van der Waals surface area contributed by atoms with Crippen molar-refractivity contribution >= 4 is 76.7 Å². The van der Waals surface area contributed by atoms with Crippen molar-refractivity contribution in [3.05, 3.63) is 230 Å². The maximum Gasteiger partial charge on any atom is 0.137 e. The van der Waals surface area contributed by atoms with Crippen molar-refractivity contribution in [2.75, 3.05) is 0 Å². The van der Waals surface area contributed by atoms with Crippen LogP contribution in [0.25, 0.3) is 133 Å². The van der Waals surface area contributed by atoms with E-state index in [9.17, 15) is 18.4 Å². The second-order valence-electron chi connectivity index (χ2n) is 18.6. The summed E-state index contributed by atoms with van der Waals surface area (Å²) in [5.74, 6) is 0.122. The molecule has 0 N–H and O–H groups in total. The molecule has 8 nitrogen and oxygen atoms in total. The van der Waals surface area contributed by atoms with Crippen molar-refractivity contribution in [2.45, 2.75) is 20.3 Å². The van der Waals surface area contributed by atoms with Gasteiger partial charge in [0.2, 0.25) is 0 Å². The van der Waals surface area contributed by atoms with Gasteiger partial charge in [0.05, 0.1) is 62.9 Å². The Kier molecular flexibility index (Phi) is 14.1. The van der Waals surface area contributed by atoms with E-state index in [2.05, 4.69) is 84.9 Å². The molecule has 1 radical (unpaired) electrons. The minimum atomic E-state index is -0.335. The molecule has 14 aromatic rings. The Labute approximate surface area is 460 Å². The van der Waals surface area contributed by atoms with Crippen LogP contribution < -0.4 is 0 Å². The van der Waals surface area contributed by atoms with Gasteiger partial charge in [-0.05, 0) is 38.1 Å². The van der Waals surface area contributed by atoms with Gasteiger partial charge in [-0.3, -0.25) is 29.5 Å². The summed E-state index contributed by atoms with van der Waals surface area (Å²) in [6.07, 6.45) is 0.0833. The molecule has 14 rings (SSSR count). The third-order valence-corrected chi connectivity index (χ3v) is 13.3. The molecule has 0 atom stereocenters. The Hall–Kier alpha value is -9.41. The van der Waals surface area contributed by atoms with Crippen LogP contribution in [0.2, 0.25) is 0 Å². The molecule has 0 amide bonds. The first-order valence-electron chi connectivity index (χ1n) is 24.9. The quantitative estimate of drug-likeness (QED) is 0.0840. The zero-order chi connectivity index (χ0) is 52.6. The standard InChI is InChI=1S/2C31H17FN3.C5H8O2.Ir/c2*32-22-13-7-12-21(18-22)31-33-25-16-14-23-27-24(15-17-26(34-31)28(25)27)30(20-10-5-2-6-11-20)35-29(23)19-8-3-1-4-9-19;1-4(6)3-5(2)7;/h2*1-11,13-18H;3H2,1-2H3;/q2*-1;;. The Morgan fingerprint density at radius 2 is 0.654 bits per heavy atom. The van der Waals surface area contributed by atoms with Gasteiger partial charge in [-0.25, -0.2) is 18.7 Å². The van der Waals surface area contributed by atoms with Crippen molar-refractivity contribution in [2.24, 2.45) is 0 Å². The molecule has 0 fully saturated rings. The first kappa shape index (κ1) is 50.7. The molecule has 0 bridgehead atoms. The second-order valence-corrected chi connectivity index (χ2v) is 18.6. The molecular weight excluding hydrogens is 1150 g/mol. The van der Waals surface area contributed by atoms with E-state index < -0.39 is 0 Å². The number of carbonyl (C=O) groups is 2. The van der Waals surface area contributed by atoms with Gasteiger partial charge in [-0.15, -0.1) is 59.7 Å². The average molecular weight is 1190 g/mol. The molecule has 0 spiro atoms. The van der Waals surface area contributed by atoms with Crippen LogP contribution in [0.5, 0.6) is 0 Å². The van der Waals surface area contributed by atoms with E-state index >= 15 is 0 Å². The largest absolute Gasteiger partial charge is 0.300 e. The van der Waals surface area contributed by atoms with Gasteiger partial charge in [-0.2, -0.15) is 0 Å². The summed E-state index contributed by atoms with van der Waals surface area (Å²) < 4.78 is 27.8. The topological polar surface area (TPSA) is 111 Å². The minimum Gasteiger partial charge on any atom is -0.300 e. The zero-order valence-corrected chi connectivity index (χ0v) is 44.3. The summed E-state index contributed by atoms with van der Waals surface area (Å²) in [6, 6.07) is 72.1. The van der Waals surface area contributed by atoms with Crippen LogP contribution in [-0.4, -0.2) is 41.5 Å². The third-order valence-electron chi connectivity index (χ3n) is 13.3. The van der Waals surface area contributed by atoms with Gasteiger partial charge in [0, 0.05) is 97.1 Å². The van der Waals surface area contributed by atoms with Crippen molar-refractivity contribution in [3.8, 4) is 67.8 Å². The molecule has 0 aliphatic heterocycles. The SMILES string of the molecule is CC(=O)CC(C)=O.Fc1cc[c-]c(-c2nc3ccc4c(-c5ccccc5)nc(-c5ccccc5)c5ccc(n2)c3c45)c1.Fc1cc[c-]c(-c2nc3ccc4c(-c5ccccc5)nc(-c5ccccc5)c5ccc(n2)c3c45)c1.[Ir]. The summed E-state index contributed by atoms with van der Waals surface area (Å²) in [5, 5.41) is 8.35. The van der Waals surface area contributed by atoms with E-state index in [0.29, 0.717) is 22.8 Å². The average Bonchev–Trinajstić information content (AvgIpc) is 3.53. The minimum absolute atomic E-state index is 0. The van der Waals surface area contributed by atoms with Crippen molar-refractivity contribution in [1.82, 2.24) is 29.9 Å². The molecule has 11 heteroatoms. The molecule has 0 saturated carbocycles. The fraction of sp³-hybridized carbons (Fsp3) is 0.0448. The molecule has 78 heavy (non-hydrogen) atoms. The summed E-state index contributed by atoms with van der Waals surface area (Å²) in [7, 11) is 0. The number of hydrogen-bond donors (Lipinski definition) is 0. The predicted octanol–water partition coefficient (Wildman–Crippen LogP) is 16.0. The van der Waals surface area contributed by atoms with Crippen LogP contribution >= 0.6 is 0 Å². The van der Waals surface area contributed by atoms with Crippen LogP contribution in [0.4, 0.5) is 8.78 Å². The molecule has 0 aliphatic rings. The molecule has 377 valence electrons. The Morgan fingerprint density at radius 1 is 0.372 bits per heavy atom. The number of rotatable bonds is 8.